The molecule has 2 N–H and O–H groups in total. The van der Waals surface area contributed by atoms with Gasteiger partial charge in [0.25, 0.3) is 0 Å². The minimum absolute atomic E-state index is 0.130. The second-order valence-electron chi connectivity index (χ2n) is 3.54. The van der Waals surface area contributed by atoms with Gasteiger partial charge in [0.2, 0.25) is 5.82 Å². The third-order valence-electron chi connectivity index (χ3n) is 2.31. The predicted molar refractivity (Wildman–Crippen MR) is 70.8 cm³/mol. The van der Waals surface area contributed by atoms with Gasteiger partial charge >= 0.3 is 0 Å². The second-order valence-corrected chi connectivity index (χ2v) is 6.03. The summed E-state index contributed by atoms with van der Waals surface area (Å²) in [5.74, 6) is -2.06. The van der Waals surface area contributed by atoms with Gasteiger partial charge < -0.3 is 10.5 Å². The Morgan fingerprint density at radius 1 is 1.28 bits per heavy atom. The molecular weight excluding hydrogens is 324 g/mol. The minimum atomic E-state index is -0.994. The summed E-state index contributed by atoms with van der Waals surface area (Å²) in [6, 6.07) is 7.51. The van der Waals surface area contributed by atoms with Crippen molar-refractivity contribution in [2.75, 3.05) is 6.54 Å². The summed E-state index contributed by atoms with van der Waals surface area (Å²) in [6.45, 7) is 0.183. The molecule has 1 atom stereocenters. The molecule has 96 valence electrons. The minimum Gasteiger partial charge on any atom is -0.480 e. The first-order chi connectivity index (χ1) is 8.61. The van der Waals surface area contributed by atoms with Crippen LogP contribution in [0.5, 0.6) is 5.75 Å². The Morgan fingerprint density at radius 2 is 2.06 bits per heavy atom. The van der Waals surface area contributed by atoms with E-state index < -0.39 is 17.7 Å². The van der Waals surface area contributed by atoms with Crippen LogP contribution in [-0.2, 0) is 0 Å². The molecular formula is C12H10BrF2NOS. The SMILES string of the molecule is NCC(Oc1cccc(F)c1F)c1ccc(Br)s1. The van der Waals surface area contributed by atoms with E-state index in [1.165, 1.54) is 23.5 Å². The standard InChI is InChI=1S/C12H10BrF2NOS/c13-11-5-4-10(18-11)9(6-16)17-8-3-1-2-7(14)12(8)15/h1-5,9H,6,16H2. The van der Waals surface area contributed by atoms with Gasteiger partial charge in [0.15, 0.2) is 11.6 Å². The summed E-state index contributed by atoms with van der Waals surface area (Å²) in [5, 5.41) is 0. The van der Waals surface area contributed by atoms with E-state index in [1.807, 2.05) is 12.1 Å². The van der Waals surface area contributed by atoms with Gasteiger partial charge in [-0.2, -0.15) is 4.39 Å². The molecule has 1 heterocycles. The lowest BCUT2D eigenvalue weighted by Gasteiger charge is -2.16. The molecule has 2 nitrogen and oxygen atoms in total. The molecule has 1 aromatic carbocycles. The summed E-state index contributed by atoms with van der Waals surface area (Å²) in [6.07, 6.45) is -0.488. The van der Waals surface area contributed by atoms with Gasteiger partial charge in [0.1, 0.15) is 6.10 Å². The summed E-state index contributed by atoms with van der Waals surface area (Å²) in [4.78, 5) is 0.855. The lowest BCUT2D eigenvalue weighted by atomic mass is 10.2. The van der Waals surface area contributed by atoms with Gasteiger partial charge in [-0.3, -0.25) is 0 Å². The van der Waals surface area contributed by atoms with Crippen LogP contribution >= 0.6 is 27.3 Å². The van der Waals surface area contributed by atoms with E-state index in [0.29, 0.717) is 0 Å². The summed E-state index contributed by atoms with van der Waals surface area (Å²) in [5.41, 5.74) is 5.60. The molecule has 0 amide bonds. The van der Waals surface area contributed by atoms with Crippen molar-refractivity contribution in [1.29, 1.82) is 0 Å². The van der Waals surface area contributed by atoms with Gasteiger partial charge in [0.05, 0.1) is 3.79 Å². The summed E-state index contributed by atoms with van der Waals surface area (Å²) >= 11 is 4.77. The van der Waals surface area contributed by atoms with Crippen LogP contribution in [0.15, 0.2) is 34.1 Å². The molecule has 0 radical (unpaired) electrons. The van der Waals surface area contributed by atoms with Gasteiger partial charge in [-0.1, -0.05) is 6.07 Å². The van der Waals surface area contributed by atoms with E-state index in [9.17, 15) is 8.78 Å². The highest BCUT2D eigenvalue weighted by molar-refractivity contribution is 9.11. The van der Waals surface area contributed by atoms with Gasteiger partial charge in [-0.15, -0.1) is 11.3 Å². The maximum absolute atomic E-state index is 13.5. The van der Waals surface area contributed by atoms with Crippen LogP contribution in [0.25, 0.3) is 0 Å². The topological polar surface area (TPSA) is 35.2 Å². The average molecular weight is 334 g/mol. The zero-order valence-electron chi connectivity index (χ0n) is 9.20. The number of benzene rings is 1. The molecule has 0 aliphatic rings. The summed E-state index contributed by atoms with van der Waals surface area (Å²) < 4.78 is 32.9. The molecule has 0 fully saturated rings. The number of ether oxygens (including phenoxy) is 1. The molecule has 0 aliphatic carbocycles. The molecule has 0 spiro atoms. The number of hydrogen-bond acceptors (Lipinski definition) is 3. The molecule has 18 heavy (non-hydrogen) atoms. The molecule has 0 bridgehead atoms. The van der Waals surface area contributed by atoms with Crippen molar-refractivity contribution in [3.63, 3.8) is 0 Å². The zero-order valence-corrected chi connectivity index (χ0v) is 11.6. The lowest BCUT2D eigenvalue weighted by molar-refractivity contribution is 0.205. The fourth-order valence-corrected chi connectivity index (χ4v) is 2.92. The summed E-state index contributed by atoms with van der Waals surface area (Å²) in [7, 11) is 0. The van der Waals surface area contributed by atoms with Crippen LogP contribution in [-0.4, -0.2) is 6.54 Å². The Balaban J connectivity index is 2.23. The van der Waals surface area contributed by atoms with Crippen LogP contribution in [0.4, 0.5) is 8.78 Å². The normalized spacial score (nSPS) is 12.4. The monoisotopic (exact) mass is 333 g/mol. The second kappa shape index (κ2) is 5.77. The number of rotatable bonds is 4. The molecule has 1 aromatic heterocycles. The van der Waals surface area contributed by atoms with Crippen LogP contribution in [0.2, 0.25) is 0 Å². The van der Waals surface area contributed by atoms with E-state index in [2.05, 4.69) is 15.9 Å². The van der Waals surface area contributed by atoms with E-state index in [0.717, 1.165) is 14.7 Å². The van der Waals surface area contributed by atoms with Crippen molar-refractivity contribution in [3.8, 4) is 5.75 Å². The smallest absolute Gasteiger partial charge is 0.200 e. The van der Waals surface area contributed by atoms with E-state index >= 15 is 0 Å². The van der Waals surface area contributed by atoms with Crippen molar-refractivity contribution in [2.45, 2.75) is 6.10 Å². The number of nitrogens with two attached hydrogens (primary N) is 1. The van der Waals surface area contributed by atoms with Crippen LogP contribution < -0.4 is 10.5 Å². The zero-order chi connectivity index (χ0) is 13.1. The van der Waals surface area contributed by atoms with Crippen LogP contribution in [0, 0.1) is 11.6 Å². The van der Waals surface area contributed by atoms with E-state index in [4.69, 9.17) is 10.5 Å². The molecule has 0 aliphatic heterocycles. The van der Waals surface area contributed by atoms with Crippen molar-refractivity contribution in [3.05, 3.63) is 50.6 Å². The van der Waals surface area contributed by atoms with Gasteiger partial charge in [-0.25, -0.2) is 4.39 Å². The largest absolute Gasteiger partial charge is 0.480 e. The number of hydrogen-bond donors (Lipinski definition) is 1. The number of thiophene rings is 1. The predicted octanol–water partition coefficient (Wildman–Crippen LogP) is 3.87. The molecule has 0 saturated carbocycles. The van der Waals surface area contributed by atoms with E-state index in [-0.39, 0.29) is 12.3 Å². The van der Waals surface area contributed by atoms with Crippen molar-refractivity contribution >= 4 is 27.3 Å². The fourth-order valence-electron chi connectivity index (χ4n) is 1.45. The van der Waals surface area contributed by atoms with Gasteiger partial charge in [-0.05, 0) is 40.2 Å². The third-order valence-corrected chi connectivity index (χ3v) is 4.03. The third kappa shape index (κ3) is 2.88. The van der Waals surface area contributed by atoms with Gasteiger partial charge in [0, 0.05) is 11.4 Å². The maximum atomic E-state index is 13.5. The van der Waals surface area contributed by atoms with Crippen LogP contribution in [0.1, 0.15) is 11.0 Å². The first-order valence-corrected chi connectivity index (χ1v) is 6.78. The molecule has 6 heteroatoms. The highest BCUT2D eigenvalue weighted by atomic mass is 79.9. The maximum Gasteiger partial charge on any atom is 0.200 e. The first-order valence-electron chi connectivity index (χ1n) is 5.17. The molecule has 2 rings (SSSR count). The molecule has 2 aromatic rings. The molecule has 0 saturated heterocycles. The van der Waals surface area contributed by atoms with E-state index in [1.54, 1.807) is 0 Å². The Hall–Kier alpha value is -0.980. The van der Waals surface area contributed by atoms with Crippen LogP contribution in [0.3, 0.4) is 0 Å². The highest BCUT2D eigenvalue weighted by Crippen LogP contribution is 2.31. The quantitative estimate of drug-likeness (QED) is 0.921. The van der Waals surface area contributed by atoms with Crippen molar-refractivity contribution in [1.82, 2.24) is 0 Å². The Labute approximate surface area is 116 Å². The Bertz CT molecular complexity index is 547. The number of halogens is 3. The van der Waals surface area contributed by atoms with Crippen molar-refractivity contribution < 1.29 is 13.5 Å². The Morgan fingerprint density at radius 3 is 2.67 bits per heavy atom. The van der Waals surface area contributed by atoms with Crippen molar-refractivity contribution in [2.24, 2.45) is 5.73 Å². The lowest BCUT2D eigenvalue weighted by Crippen LogP contribution is -2.18. The first kappa shape index (κ1) is 13.5. The fraction of sp³-hybridized carbons (Fsp3) is 0.167. The average Bonchev–Trinajstić information content (AvgIpc) is 2.78. The highest BCUT2D eigenvalue weighted by Gasteiger charge is 2.17. The molecule has 1 unspecified atom stereocenters. The Kier molecular flexibility index (Phi) is 4.31.